The Hall–Kier alpha value is -0.790. The number of allylic oxidation sites excluding steroid dienone is 2. The Morgan fingerprint density at radius 1 is 0.938 bits per heavy atom. The lowest BCUT2D eigenvalue weighted by Crippen LogP contribution is -2.27. The fourth-order valence-corrected chi connectivity index (χ4v) is 1.76. The van der Waals surface area contributed by atoms with Gasteiger partial charge in [0, 0.05) is 43.4 Å². The van der Waals surface area contributed by atoms with Crippen LogP contribution in [0.4, 0.5) is 0 Å². The monoisotopic (exact) mass is 224 g/mol. The first kappa shape index (κ1) is 15.2. The largest absolute Gasteiger partial charge is 0.380 e. The van der Waals surface area contributed by atoms with Crippen LogP contribution in [0.15, 0.2) is 16.8 Å². The van der Waals surface area contributed by atoms with Crippen molar-refractivity contribution in [2.75, 3.05) is 21.1 Å². The Kier molecular flexibility index (Phi) is 4.78. The van der Waals surface area contributed by atoms with Crippen molar-refractivity contribution in [3.63, 3.8) is 0 Å². The zero-order valence-electron chi connectivity index (χ0n) is 12.5. The van der Waals surface area contributed by atoms with Crippen molar-refractivity contribution in [1.29, 1.82) is 0 Å². The van der Waals surface area contributed by atoms with Crippen molar-refractivity contribution in [3.05, 3.63) is 11.8 Å². The van der Waals surface area contributed by atoms with Crippen LogP contribution in [-0.4, -0.2) is 31.8 Å². The van der Waals surface area contributed by atoms with Gasteiger partial charge in [0.15, 0.2) is 0 Å². The quantitative estimate of drug-likeness (QED) is 0.654. The minimum atomic E-state index is 0.0985. The molecule has 0 aromatic carbocycles. The molecule has 0 fully saturated rings. The van der Waals surface area contributed by atoms with E-state index >= 15 is 0 Å². The van der Waals surface area contributed by atoms with E-state index in [9.17, 15) is 0 Å². The van der Waals surface area contributed by atoms with Crippen molar-refractivity contribution in [2.45, 2.75) is 41.5 Å². The normalized spacial score (nSPS) is 15.3. The Labute approximate surface area is 101 Å². The zero-order chi connectivity index (χ0) is 13.1. The van der Waals surface area contributed by atoms with Crippen LogP contribution in [0.1, 0.15) is 41.5 Å². The van der Waals surface area contributed by atoms with Crippen molar-refractivity contribution in [1.82, 2.24) is 4.90 Å². The van der Waals surface area contributed by atoms with Crippen LogP contribution in [0.25, 0.3) is 0 Å². The molecule has 0 aromatic rings. The SMILES string of the molecule is C/N=C(/C=C(\N(C)C)C(C)(C)C)C(C)(C)C. The molecule has 0 saturated carbocycles. The van der Waals surface area contributed by atoms with E-state index in [1.54, 1.807) is 0 Å². The van der Waals surface area contributed by atoms with E-state index in [0.29, 0.717) is 0 Å². The van der Waals surface area contributed by atoms with Crippen LogP contribution in [0.3, 0.4) is 0 Å². The second-order valence-electron chi connectivity index (χ2n) is 6.53. The molecule has 2 nitrogen and oxygen atoms in total. The molecule has 0 aliphatic carbocycles. The van der Waals surface area contributed by atoms with E-state index in [0.717, 1.165) is 5.71 Å². The van der Waals surface area contributed by atoms with E-state index in [1.807, 2.05) is 7.05 Å². The topological polar surface area (TPSA) is 15.6 Å². The molecule has 0 aromatic heterocycles. The zero-order valence-corrected chi connectivity index (χ0v) is 12.5. The predicted octanol–water partition coefficient (Wildman–Crippen LogP) is 3.59. The summed E-state index contributed by atoms with van der Waals surface area (Å²) < 4.78 is 0. The van der Waals surface area contributed by atoms with Gasteiger partial charge < -0.3 is 4.90 Å². The van der Waals surface area contributed by atoms with Crippen molar-refractivity contribution >= 4 is 5.71 Å². The van der Waals surface area contributed by atoms with Gasteiger partial charge in [-0.2, -0.15) is 0 Å². The molecular formula is C14H28N2. The summed E-state index contributed by atoms with van der Waals surface area (Å²) >= 11 is 0. The summed E-state index contributed by atoms with van der Waals surface area (Å²) in [5.74, 6) is 0. The van der Waals surface area contributed by atoms with Gasteiger partial charge in [-0.25, -0.2) is 0 Å². The lowest BCUT2D eigenvalue weighted by atomic mass is 9.84. The summed E-state index contributed by atoms with van der Waals surface area (Å²) in [6.45, 7) is 13.3. The maximum atomic E-state index is 4.41. The minimum Gasteiger partial charge on any atom is -0.380 e. The van der Waals surface area contributed by atoms with Crippen molar-refractivity contribution in [3.8, 4) is 0 Å². The molecule has 0 N–H and O–H groups in total. The fraction of sp³-hybridized carbons (Fsp3) is 0.786. The molecule has 0 atom stereocenters. The Morgan fingerprint density at radius 2 is 1.38 bits per heavy atom. The number of hydrogen-bond donors (Lipinski definition) is 0. The molecule has 0 rings (SSSR count). The maximum absolute atomic E-state index is 4.41. The van der Waals surface area contributed by atoms with Crippen molar-refractivity contribution in [2.24, 2.45) is 15.8 Å². The van der Waals surface area contributed by atoms with Crippen LogP contribution >= 0.6 is 0 Å². The summed E-state index contributed by atoms with van der Waals surface area (Å²) in [5, 5.41) is 0. The molecule has 94 valence electrons. The van der Waals surface area contributed by atoms with Crippen LogP contribution in [0, 0.1) is 10.8 Å². The summed E-state index contributed by atoms with van der Waals surface area (Å²) in [4.78, 5) is 6.59. The molecule has 2 heteroatoms. The highest BCUT2D eigenvalue weighted by molar-refractivity contribution is 5.99. The third kappa shape index (κ3) is 4.38. The molecule has 0 saturated heterocycles. The molecule has 0 bridgehead atoms. The Balaban J connectivity index is 5.39. The lowest BCUT2D eigenvalue weighted by molar-refractivity contribution is 0.353. The van der Waals surface area contributed by atoms with E-state index in [2.05, 4.69) is 71.6 Å². The molecule has 16 heavy (non-hydrogen) atoms. The van der Waals surface area contributed by atoms with Crippen molar-refractivity contribution < 1.29 is 0 Å². The highest BCUT2D eigenvalue weighted by Gasteiger charge is 2.23. The molecule has 0 heterocycles. The van der Waals surface area contributed by atoms with Crippen LogP contribution in [0.5, 0.6) is 0 Å². The molecule has 0 radical (unpaired) electrons. The van der Waals surface area contributed by atoms with Gasteiger partial charge in [0.2, 0.25) is 0 Å². The van der Waals surface area contributed by atoms with E-state index in [1.165, 1.54) is 5.70 Å². The first-order valence-corrected chi connectivity index (χ1v) is 5.87. The fourth-order valence-electron chi connectivity index (χ4n) is 1.76. The lowest BCUT2D eigenvalue weighted by Gasteiger charge is -2.31. The van der Waals surface area contributed by atoms with Crippen LogP contribution < -0.4 is 0 Å². The van der Waals surface area contributed by atoms with Gasteiger partial charge >= 0.3 is 0 Å². The van der Waals surface area contributed by atoms with E-state index in [-0.39, 0.29) is 10.8 Å². The van der Waals surface area contributed by atoms with Crippen LogP contribution in [-0.2, 0) is 0 Å². The van der Waals surface area contributed by atoms with Gasteiger partial charge in [0.05, 0.1) is 0 Å². The molecule has 0 amide bonds. The molecule has 0 spiro atoms. The van der Waals surface area contributed by atoms with Gasteiger partial charge in [0.25, 0.3) is 0 Å². The highest BCUT2D eigenvalue weighted by Crippen LogP contribution is 2.28. The van der Waals surface area contributed by atoms with Gasteiger partial charge in [0.1, 0.15) is 0 Å². The minimum absolute atomic E-state index is 0.0985. The Bertz CT molecular complexity index is 283. The van der Waals surface area contributed by atoms with Gasteiger partial charge in [-0.3, -0.25) is 4.99 Å². The Morgan fingerprint density at radius 3 is 1.56 bits per heavy atom. The van der Waals surface area contributed by atoms with Gasteiger partial charge in [-0.15, -0.1) is 0 Å². The predicted molar refractivity (Wildman–Crippen MR) is 74.0 cm³/mol. The smallest absolute Gasteiger partial charge is 0.0415 e. The number of aliphatic imine (C=N–C) groups is 1. The number of nitrogens with zero attached hydrogens (tertiary/aromatic N) is 2. The van der Waals surface area contributed by atoms with E-state index < -0.39 is 0 Å². The molecular weight excluding hydrogens is 196 g/mol. The summed E-state index contributed by atoms with van der Waals surface area (Å²) in [6.07, 6.45) is 2.22. The van der Waals surface area contributed by atoms with Crippen LogP contribution in [0.2, 0.25) is 0 Å². The average Bonchev–Trinajstić information content (AvgIpc) is 1.99. The highest BCUT2D eigenvalue weighted by atomic mass is 15.1. The second-order valence-corrected chi connectivity index (χ2v) is 6.53. The first-order chi connectivity index (χ1) is 7.00. The summed E-state index contributed by atoms with van der Waals surface area (Å²) in [6, 6.07) is 0. The molecule has 0 unspecified atom stereocenters. The molecule has 0 aliphatic rings. The maximum Gasteiger partial charge on any atom is 0.0415 e. The number of rotatable bonds is 2. The number of hydrogen-bond acceptors (Lipinski definition) is 2. The van der Waals surface area contributed by atoms with Gasteiger partial charge in [-0.05, 0) is 6.08 Å². The standard InChI is InChI=1S/C14H28N2/c1-13(2,3)11(15-7)10-12(16(8)9)14(4,5)6/h10H,1-9H3/b12-10-,15-11-. The first-order valence-electron chi connectivity index (χ1n) is 5.87. The summed E-state index contributed by atoms with van der Waals surface area (Å²) in [5.41, 5.74) is 2.69. The average molecular weight is 224 g/mol. The molecule has 0 aliphatic heterocycles. The third-order valence-electron chi connectivity index (χ3n) is 2.53. The summed E-state index contributed by atoms with van der Waals surface area (Å²) in [7, 11) is 6.05. The van der Waals surface area contributed by atoms with E-state index in [4.69, 9.17) is 0 Å². The third-order valence-corrected chi connectivity index (χ3v) is 2.53. The van der Waals surface area contributed by atoms with Gasteiger partial charge in [-0.1, -0.05) is 41.5 Å². The second kappa shape index (κ2) is 5.03.